The van der Waals surface area contributed by atoms with Gasteiger partial charge in [0.25, 0.3) is 0 Å². The van der Waals surface area contributed by atoms with Gasteiger partial charge in [-0.25, -0.2) is 0 Å². The highest BCUT2D eigenvalue weighted by molar-refractivity contribution is 6.63. The molecule has 0 aromatic heterocycles. The quantitative estimate of drug-likeness (QED) is 0.624. The minimum atomic E-state index is -2.62. The largest absolute Gasteiger partial charge is 0.504 e. The fraction of sp³-hybridized carbons (Fsp3) is 0.923. The first kappa shape index (κ1) is 17.1. The maximum absolute atomic E-state index is 5.67. The maximum Gasteiger partial charge on any atom is 0.504 e. The van der Waals surface area contributed by atoms with E-state index in [4.69, 9.17) is 13.3 Å². The zero-order valence-corrected chi connectivity index (χ0v) is 13.7. The van der Waals surface area contributed by atoms with Crippen molar-refractivity contribution < 1.29 is 13.3 Å². The van der Waals surface area contributed by atoms with E-state index in [0.29, 0.717) is 0 Å². The van der Waals surface area contributed by atoms with Crippen molar-refractivity contribution in [2.75, 3.05) is 21.3 Å². The summed E-state index contributed by atoms with van der Waals surface area (Å²) in [6.45, 7) is 11.0. The molecule has 0 rings (SSSR count). The van der Waals surface area contributed by atoms with Gasteiger partial charge in [0.1, 0.15) is 0 Å². The fourth-order valence-electron chi connectivity index (χ4n) is 3.01. The Morgan fingerprint density at radius 1 is 1.06 bits per heavy atom. The summed E-state index contributed by atoms with van der Waals surface area (Å²) in [6.07, 6.45) is 2.28. The van der Waals surface area contributed by atoms with Crippen LogP contribution in [0.1, 0.15) is 47.5 Å². The molecule has 0 aromatic rings. The number of rotatable bonds is 8. The monoisotopic (exact) mass is 261 g/mol. The van der Waals surface area contributed by atoms with E-state index in [1.165, 1.54) is 5.92 Å². The predicted molar refractivity (Wildman–Crippen MR) is 73.8 cm³/mol. The van der Waals surface area contributed by atoms with Gasteiger partial charge in [0.05, 0.1) is 0 Å². The Morgan fingerprint density at radius 3 is 1.71 bits per heavy atom. The van der Waals surface area contributed by atoms with E-state index < -0.39 is 8.80 Å². The Bertz CT molecular complexity index is 204. The third-order valence-electron chi connectivity index (χ3n) is 3.46. The van der Waals surface area contributed by atoms with E-state index in [-0.39, 0.29) is 11.0 Å². The molecule has 0 saturated carbocycles. The highest BCUT2D eigenvalue weighted by Crippen LogP contribution is 2.49. The normalized spacial score (nSPS) is 15.4. The van der Waals surface area contributed by atoms with Crippen molar-refractivity contribution in [2.45, 2.75) is 53.0 Å². The van der Waals surface area contributed by atoms with Gasteiger partial charge in [-0.05, 0) is 17.8 Å². The van der Waals surface area contributed by atoms with Crippen molar-refractivity contribution in [1.29, 1.82) is 0 Å². The molecule has 17 heavy (non-hydrogen) atoms. The minimum absolute atomic E-state index is 0.127. The molecule has 0 N–H and O–H groups in total. The lowest BCUT2D eigenvalue weighted by Crippen LogP contribution is -2.53. The van der Waals surface area contributed by atoms with E-state index in [1.807, 2.05) is 0 Å². The molecule has 1 unspecified atom stereocenters. The lowest BCUT2D eigenvalue weighted by Gasteiger charge is -2.44. The molecule has 4 heteroatoms. The first-order chi connectivity index (χ1) is 7.81. The van der Waals surface area contributed by atoms with Gasteiger partial charge in [0, 0.05) is 26.9 Å². The SMILES string of the molecule is CCCC(C)(C)C([C](C)C)[Si](OC)(OC)OC. The molecule has 3 nitrogen and oxygen atoms in total. The summed E-state index contributed by atoms with van der Waals surface area (Å²) in [5.41, 5.74) is 0.358. The minimum Gasteiger partial charge on any atom is -0.377 e. The first-order valence-corrected chi connectivity index (χ1v) is 8.07. The van der Waals surface area contributed by atoms with Gasteiger partial charge in [-0.2, -0.15) is 0 Å². The third-order valence-corrected chi connectivity index (χ3v) is 7.23. The summed E-state index contributed by atoms with van der Waals surface area (Å²) < 4.78 is 17.0. The van der Waals surface area contributed by atoms with Crippen LogP contribution in [0.2, 0.25) is 5.54 Å². The lowest BCUT2D eigenvalue weighted by molar-refractivity contribution is 0.0884. The molecule has 0 amide bonds. The van der Waals surface area contributed by atoms with Gasteiger partial charge in [0.15, 0.2) is 0 Å². The molecule has 103 valence electrons. The van der Waals surface area contributed by atoms with E-state index in [1.54, 1.807) is 21.3 Å². The van der Waals surface area contributed by atoms with Crippen molar-refractivity contribution in [1.82, 2.24) is 0 Å². The second kappa shape index (κ2) is 6.88. The molecule has 1 radical (unpaired) electrons. The summed E-state index contributed by atoms with van der Waals surface area (Å²) in [5.74, 6) is 1.32. The number of hydrogen-bond acceptors (Lipinski definition) is 3. The van der Waals surface area contributed by atoms with Gasteiger partial charge in [-0.3, -0.25) is 0 Å². The van der Waals surface area contributed by atoms with E-state index >= 15 is 0 Å². The van der Waals surface area contributed by atoms with Gasteiger partial charge >= 0.3 is 8.80 Å². The Hall–Kier alpha value is 0.0969. The molecule has 1 atom stereocenters. The van der Waals surface area contributed by atoms with Crippen molar-refractivity contribution in [3.63, 3.8) is 0 Å². The van der Waals surface area contributed by atoms with E-state index in [0.717, 1.165) is 12.8 Å². The summed E-state index contributed by atoms with van der Waals surface area (Å²) in [7, 11) is 2.46. The molecule has 0 spiro atoms. The molecular weight excluding hydrogens is 232 g/mol. The average Bonchev–Trinajstić information content (AvgIpc) is 2.24. The molecule has 0 aliphatic heterocycles. The Labute approximate surface area is 108 Å². The summed E-state index contributed by atoms with van der Waals surface area (Å²) in [4.78, 5) is 0. The topological polar surface area (TPSA) is 27.7 Å². The van der Waals surface area contributed by atoms with Crippen LogP contribution in [0.25, 0.3) is 0 Å². The van der Waals surface area contributed by atoms with Gasteiger partial charge in [-0.15, -0.1) is 0 Å². The average molecular weight is 261 g/mol. The van der Waals surface area contributed by atoms with Crippen LogP contribution in [-0.2, 0) is 13.3 Å². The molecular formula is C13H29O3Si. The molecule has 0 saturated heterocycles. The Kier molecular flexibility index (Phi) is 6.92. The zero-order chi connectivity index (χ0) is 13.7. The van der Waals surface area contributed by atoms with Crippen LogP contribution in [0.15, 0.2) is 0 Å². The smallest absolute Gasteiger partial charge is 0.377 e. The van der Waals surface area contributed by atoms with Crippen molar-refractivity contribution in [2.24, 2.45) is 5.41 Å². The van der Waals surface area contributed by atoms with Crippen LogP contribution in [-0.4, -0.2) is 30.1 Å². The highest BCUT2D eigenvalue weighted by atomic mass is 28.4. The molecule has 0 heterocycles. The molecule has 0 bridgehead atoms. The third kappa shape index (κ3) is 3.78. The van der Waals surface area contributed by atoms with Gasteiger partial charge < -0.3 is 13.3 Å². The molecule has 0 fully saturated rings. The second-order valence-corrected chi connectivity index (χ2v) is 8.47. The van der Waals surface area contributed by atoms with Crippen LogP contribution in [0.4, 0.5) is 0 Å². The zero-order valence-electron chi connectivity index (χ0n) is 12.7. The van der Waals surface area contributed by atoms with Gasteiger partial charge in [0.2, 0.25) is 0 Å². The summed E-state index contributed by atoms with van der Waals surface area (Å²) in [5, 5.41) is 0. The standard InChI is InChI=1S/C13H29O3Si/c1-9-10-13(4,5)12(11(2)3)17(14-6,15-7)16-8/h12H,9-10H2,1-8H3. The van der Waals surface area contributed by atoms with E-state index in [2.05, 4.69) is 34.6 Å². The summed E-state index contributed by atoms with van der Waals surface area (Å²) in [6, 6.07) is 0. The predicted octanol–water partition coefficient (Wildman–Crippen LogP) is 3.68. The van der Waals surface area contributed by atoms with Crippen LogP contribution in [0.5, 0.6) is 0 Å². The van der Waals surface area contributed by atoms with Crippen molar-refractivity contribution in [3.8, 4) is 0 Å². The first-order valence-electron chi connectivity index (χ1n) is 6.26. The molecule has 0 aliphatic carbocycles. The Balaban J connectivity index is 5.33. The van der Waals surface area contributed by atoms with Crippen LogP contribution >= 0.6 is 0 Å². The number of hydrogen-bond donors (Lipinski definition) is 0. The van der Waals surface area contributed by atoms with Crippen LogP contribution in [0.3, 0.4) is 0 Å². The second-order valence-electron chi connectivity index (χ2n) is 5.46. The molecule has 0 aromatic carbocycles. The highest BCUT2D eigenvalue weighted by Gasteiger charge is 2.55. The Morgan fingerprint density at radius 2 is 1.47 bits per heavy atom. The lowest BCUT2D eigenvalue weighted by atomic mass is 9.79. The van der Waals surface area contributed by atoms with Gasteiger partial charge in [-0.1, -0.05) is 41.0 Å². The summed E-state index contributed by atoms with van der Waals surface area (Å²) >= 11 is 0. The maximum atomic E-state index is 5.67. The van der Waals surface area contributed by atoms with E-state index in [9.17, 15) is 0 Å². The van der Waals surface area contributed by atoms with Crippen LogP contribution in [0, 0.1) is 11.3 Å². The fourth-order valence-corrected chi connectivity index (χ4v) is 6.02. The van der Waals surface area contributed by atoms with Crippen molar-refractivity contribution >= 4 is 8.80 Å². The van der Waals surface area contributed by atoms with Crippen LogP contribution < -0.4 is 0 Å². The molecule has 0 aliphatic rings. The van der Waals surface area contributed by atoms with Crippen molar-refractivity contribution in [3.05, 3.63) is 5.92 Å².